The van der Waals surface area contributed by atoms with Crippen LogP contribution in [0.3, 0.4) is 0 Å². The highest BCUT2D eigenvalue weighted by atomic mass is 16.3. The lowest BCUT2D eigenvalue weighted by Crippen LogP contribution is -1.84. The van der Waals surface area contributed by atoms with Gasteiger partial charge in [-0.05, 0) is 46.0 Å². The van der Waals surface area contributed by atoms with Gasteiger partial charge in [-0.15, -0.1) is 0 Å². The number of rotatable bonds is 3. The summed E-state index contributed by atoms with van der Waals surface area (Å²) in [6.07, 6.45) is 0. The van der Waals surface area contributed by atoms with Gasteiger partial charge >= 0.3 is 0 Å². The molecule has 0 saturated heterocycles. The minimum atomic E-state index is 0.300. The van der Waals surface area contributed by atoms with Crippen LogP contribution >= 0.6 is 0 Å². The van der Waals surface area contributed by atoms with Gasteiger partial charge in [0, 0.05) is 5.56 Å². The summed E-state index contributed by atoms with van der Waals surface area (Å²) in [7, 11) is 0. The molecule has 120 valence electrons. The van der Waals surface area contributed by atoms with Crippen molar-refractivity contribution in [3.8, 4) is 39.1 Å². The number of hydrogen-bond donors (Lipinski definition) is 1. The van der Waals surface area contributed by atoms with Crippen LogP contribution in [0.4, 0.5) is 0 Å². The molecule has 4 rings (SSSR count). The Balaban J connectivity index is 1.78. The minimum absolute atomic E-state index is 0.300. The summed E-state index contributed by atoms with van der Waals surface area (Å²) in [5.74, 6) is 0.300. The van der Waals surface area contributed by atoms with E-state index in [1.165, 1.54) is 11.1 Å². The molecular formula is C24H18O. The Bertz CT molecular complexity index is 989. The number of benzene rings is 4. The summed E-state index contributed by atoms with van der Waals surface area (Å²) in [5, 5.41) is 10.3. The molecule has 1 heteroatoms. The molecule has 25 heavy (non-hydrogen) atoms. The van der Waals surface area contributed by atoms with E-state index in [1.54, 1.807) is 6.07 Å². The molecule has 0 bridgehead atoms. The fraction of sp³-hybridized carbons (Fsp3) is 0. The van der Waals surface area contributed by atoms with Crippen LogP contribution in [0, 0.1) is 0 Å². The van der Waals surface area contributed by atoms with Gasteiger partial charge in [0.25, 0.3) is 0 Å². The Morgan fingerprint density at radius 2 is 0.920 bits per heavy atom. The van der Waals surface area contributed by atoms with Crippen molar-refractivity contribution in [3.63, 3.8) is 0 Å². The fourth-order valence-electron chi connectivity index (χ4n) is 3.07. The van der Waals surface area contributed by atoms with Gasteiger partial charge in [0.05, 0.1) is 0 Å². The lowest BCUT2D eigenvalue weighted by atomic mass is 9.96. The molecule has 0 aliphatic rings. The SMILES string of the molecule is Oc1ccc(-c2cccc(-c3ccccc3)c2)cc1-c1ccccc1. The number of phenols is 1. The largest absolute Gasteiger partial charge is 0.507 e. The molecule has 0 saturated carbocycles. The third-order valence-corrected chi connectivity index (χ3v) is 4.38. The first kappa shape index (κ1) is 15.2. The van der Waals surface area contributed by atoms with Crippen LogP contribution in [0.1, 0.15) is 0 Å². The topological polar surface area (TPSA) is 20.2 Å². The molecule has 4 aromatic carbocycles. The lowest BCUT2D eigenvalue weighted by Gasteiger charge is -2.10. The predicted octanol–water partition coefficient (Wildman–Crippen LogP) is 6.39. The van der Waals surface area contributed by atoms with Crippen LogP contribution in [0.15, 0.2) is 103 Å². The molecule has 0 spiro atoms. The summed E-state index contributed by atoms with van der Waals surface area (Å²) < 4.78 is 0. The maximum Gasteiger partial charge on any atom is 0.123 e. The second-order valence-corrected chi connectivity index (χ2v) is 6.04. The van der Waals surface area contributed by atoms with Crippen LogP contribution in [-0.2, 0) is 0 Å². The molecule has 0 fully saturated rings. The Labute approximate surface area is 147 Å². The molecular weight excluding hydrogens is 304 g/mol. The highest BCUT2D eigenvalue weighted by Gasteiger charge is 2.07. The molecule has 0 radical (unpaired) electrons. The third kappa shape index (κ3) is 3.17. The first-order valence-electron chi connectivity index (χ1n) is 8.35. The van der Waals surface area contributed by atoms with Gasteiger partial charge in [-0.25, -0.2) is 0 Å². The van der Waals surface area contributed by atoms with E-state index in [-0.39, 0.29) is 0 Å². The number of phenolic OH excluding ortho intramolecular Hbond substituents is 1. The van der Waals surface area contributed by atoms with Gasteiger partial charge in [0.1, 0.15) is 5.75 Å². The summed E-state index contributed by atoms with van der Waals surface area (Å²) in [5.41, 5.74) is 6.48. The van der Waals surface area contributed by atoms with Crippen molar-refractivity contribution >= 4 is 0 Å². The van der Waals surface area contributed by atoms with Crippen LogP contribution in [-0.4, -0.2) is 5.11 Å². The fourth-order valence-corrected chi connectivity index (χ4v) is 3.07. The van der Waals surface area contributed by atoms with E-state index < -0.39 is 0 Å². The molecule has 1 nitrogen and oxygen atoms in total. The van der Waals surface area contributed by atoms with E-state index in [0.717, 1.165) is 22.3 Å². The van der Waals surface area contributed by atoms with Crippen LogP contribution in [0.25, 0.3) is 33.4 Å². The van der Waals surface area contributed by atoms with E-state index in [0.29, 0.717) is 5.75 Å². The summed E-state index contributed by atoms with van der Waals surface area (Å²) in [6, 6.07) is 34.6. The number of aromatic hydroxyl groups is 1. The average molecular weight is 322 g/mol. The quantitative estimate of drug-likeness (QED) is 0.463. The van der Waals surface area contributed by atoms with Crippen molar-refractivity contribution in [2.45, 2.75) is 0 Å². The average Bonchev–Trinajstić information content (AvgIpc) is 2.70. The first-order chi connectivity index (χ1) is 12.3. The number of hydrogen-bond acceptors (Lipinski definition) is 1. The van der Waals surface area contributed by atoms with Crippen molar-refractivity contribution in [1.29, 1.82) is 0 Å². The van der Waals surface area contributed by atoms with Crippen LogP contribution in [0.2, 0.25) is 0 Å². The van der Waals surface area contributed by atoms with E-state index in [4.69, 9.17) is 0 Å². The molecule has 0 unspecified atom stereocenters. The van der Waals surface area contributed by atoms with E-state index in [1.807, 2.05) is 42.5 Å². The zero-order valence-electron chi connectivity index (χ0n) is 13.8. The lowest BCUT2D eigenvalue weighted by molar-refractivity contribution is 0.477. The standard InChI is InChI=1S/C24H18O/c25-24-15-14-22(17-23(24)19-10-5-2-6-11-19)21-13-7-12-20(16-21)18-8-3-1-4-9-18/h1-17,25H. The van der Waals surface area contributed by atoms with Crippen molar-refractivity contribution < 1.29 is 5.11 Å². The second-order valence-electron chi connectivity index (χ2n) is 6.04. The second kappa shape index (κ2) is 6.66. The monoisotopic (exact) mass is 322 g/mol. The first-order valence-corrected chi connectivity index (χ1v) is 8.35. The van der Waals surface area contributed by atoms with Gasteiger partial charge in [-0.3, -0.25) is 0 Å². The third-order valence-electron chi connectivity index (χ3n) is 4.38. The van der Waals surface area contributed by atoms with E-state index in [2.05, 4.69) is 54.6 Å². The molecule has 0 aliphatic heterocycles. The molecule has 0 aliphatic carbocycles. The maximum atomic E-state index is 10.3. The Kier molecular flexibility index (Phi) is 4.05. The minimum Gasteiger partial charge on any atom is -0.507 e. The van der Waals surface area contributed by atoms with Gasteiger partial charge in [0.15, 0.2) is 0 Å². The predicted molar refractivity (Wildman–Crippen MR) is 104 cm³/mol. The van der Waals surface area contributed by atoms with Crippen molar-refractivity contribution in [1.82, 2.24) is 0 Å². The Morgan fingerprint density at radius 3 is 1.60 bits per heavy atom. The zero-order chi connectivity index (χ0) is 17.1. The smallest absolute Gasteiger partial charge is 0.123 e. The summed E-state index contributed by atoms with van der Waals surface area (Å²) >= 11 is 0. The summed E-state index contributed by atoms with van der Waals surface area (Å²) in [4.78, 5) is 0. The molecule has 1 N–H and O–H groups in total. The highest BCUT2D eigenvalue weighted by molar-refractivity contribution is 5.79. The zero-order valence-corrected chi connectivity index (χ0v) is 13.8. The van der Waals surface area contributed by atoms with Crippen LogP contribution in [0.5, 0.6) is 5.75 Å². The summed E-state index contributed by atoms with van der Waals surface area (Å²) in [6.45, 7) is 0. The van der Waals surface area contributed by atoms with Crippen molar-refractivity contribution in [2.24, 2.45) is 0 Å². The van der Waals surface area contributed by atoms with Crippen molar-refractivity contribution in [3.05, 3.63) is 103 Å². The van der Waals surface area contributed by atoms with E-state index >= 15 is 0 Å². The Hall–Kier alpha value is -3.32. The van der Waals surface area contributed by atoms with E-state index in [9.17, 15) is 5.11 Å². The van der Waals surface area contributed by atoms with Gasteiger partial charge in [-0.1, -0.05) is 84.9 Å². The van der Waals surface area contributed by atoms with Gasteiger partial charge in [0.2, 0.25) is 0 Å². The van der Waals surface area contributed by atoms with Crippen molar-refractivity contribution in [2.75, 3.05) is 0 Å². The highest BCUT2D eigenvalue weighted by Crippen LogP contribution is 2.34. The molecule has 0 amide bonds. The molecule has 0 heterocycles. The molecule has 0 aromatic heterocycles. The molecule has 0 atom stereocenters. The molecule has 4 aromatic rings. The normalized spacial score (nSPS) is 10.6. The van der Waals surface area contributed by atoms with Gasteiger partial charge in [-0.2, -0.15) is 0 Å². The maximum absolute atomic E-state index is 10.3. The van der Waals surface area contributed by atoms with Crippen LogP contribution < -0.4 is 0 Å². The van der Waals surface area contributed by atoms with Gasteiger partial charge < -0.3 is 5.11 Å². The Morgan fingerprint density at radius 1 is 0.400 bits per heavy atom.